The molecule has 9 heteroatoms. The zero-order valence-corrected chi connectivity index (χ0v) is 22.9. The number of amides is 2. The summed E-state index contributed by atoms with van der Waals surface area (Å²) in [7, 11) is 0. The Bertz CT molecular complexity index is 1330. The lowest BCUT2D eigenvalue weighted by Gasteiger charge is -2.41. The Kier molecular flexibility index (Phi) is 8.31. The zero-order chi connectivity index (χ0) is 26.6. The molecule has 0 spiro atoms. The largest absolute Gasteiger partial charge is 0.490 e. The van der Waals surface area contributed by atoms with E-state index in [0.29, 0.717) is 22.7 Å². The quantitative estimate of drug-likeness (QED) is 0.288. The van der Waals surface area contributed by atoms with Crippen LogP contribution >= 0.6 is 27.5 Å². The van der Waals surface area contributed by atoms with Gasteiger partial charge in [0, 0.05) is 33.4 Å². The van der Waals surface area contributed by atoms with Crippen molar-refractivity contribution >= 4 is 45.5 Å². The highest BCUT2D eigenvalue weighted by atomic mass is 79.9. The van der Waals surface area contributed by atoms with Crippen molar-refractivity contribution in [3.63, 3.8) is 0 Å². The summed E-state index contributed by atoms with van der Waals surface area (Å²) in [4.78, 5) is 24.7. The maximum absolute atomic E-state index is 14.4. The van der Waals surface area contributed by atoms with Gasteiger partial charge in [0.15, 0.2) is 0 Å². The number of hydrogen-bond acceptors (Lipinski definition) is 4. The molecule has 2 aliphatic heterocycles. The third-order valence-electron chi connectivity index (χ3n) is 7.26. The monoisotopic (exact) mass is 599 g/mol. The summed E-state index contributed by atoms with van der Waals surface area (Å²) in [5.41, 5.74) is 2.84. The number of nitrogens with one attached hydrogen (secondary N) is 3. The fraction of sp³-hybridized carbons (Fsp3) is 0.310. The lowest BCUT2D eigenvalue weighted by Crippen LogP contribution is -2.42. The molecule has 6 nitrogen and oxygen atoms in total. The van der Waals surface area contributed by atoms with Crippen LogP contribution in [-0.2, 0) is 9.59 Å². The number of piperidine rings is 2. The van der Waals surface area contributed by atoms with Gasteiger partial charge in [-0.3, -0.25) is 9.59 Å². The van der Waals surface area contributed by atoms with E-state index in [4.69, 9.17) is 16.3 Å². The molecule has 0 aromatic heterocycles. The Morgan fingerprint density at radius 1 is 1.05 bits per heavy atom. The predicted molar refractivity (Wildman–Crippen MR) is 149 cm³/mol. The summed E-state index contributed by atoms with van der Waals surface area (Å²) in [5, 5.41) is 9.69. The molecule has 3 N–H and O–H groups in total. The summed E-state index contributed by atoms with van der Waals surface area (Å²) < 4.78 is 21.8. The van der Waals surface area contributed by atoms with E-state index >= 15 is 0 Å². The van der Waals surface area contributed by atoms with E-state index in [1.54, 1.807) is 24.3 Å². The molecule has 2 aliphatic rings. The van der Waals surface area contributed by atoms with Crippen molar-refractivity contribution in [2.24, 2.45) is 0 Å². The SMILES string of the molecule is O=CNc1cc(Cl)ccc1C1C(c2cc(Br)ccc2OC2CCNCC2)CC(=O)NC1c1cccc(F)c1. The average Bonchev–Trinajstić information content (AvgIpc) is 2.90. The van der Waals surface area contributed by atoms with E-state index in [2.05, 4.69) is 31.9 Å². The molecule has 5 rings (SSSR count). The van der Waals surface area contributed by atoms with Crippen molar-refractivity contribution in [1.82, 2.24) is 10.6 Å². The van der Waals surface area contributed by atoms with Gasteiger partial charge in [0.05, 0.1) is 6.04 Å². The van der Waals surface area contributed by atoms with Crippen molar-refractivity contribution in [3.05, 3.63) is 92.7 Å². The number of benzene rings is 3. The zero-order valence-electron chi connectivity index (χ0n) is 20.6. The van der Waals surface area contributed by atoms with E-state index in [1.807, 2.05) is 24.3 Å². The lowest BCUT2D eigenvalue weighted by molar-refractivity contribution is -0.124. The highest BCUT2D eigenvalue weighted by Gasteiger charge is 2.42. The maximum Gasteiger partial charge on any atom is 0.221 e. The first-order valence-electron chi connectivity index (χ1n) is 12.6. The van der Waals surface area contributed by atoms with Gasteiger partial charge in [0.25, 0.3) is 0 Å². The number of ether oxygens (including phenoxy) is 1. The van der Waals surface area contributed by atoms with Crippen LogP contribution in [0.3, 0.4) is 0 Å². The van der Waals surface area contributed by atoms with Crippen molar-refractivity contribution < 1.29 is 18.7 Å². The Morgan fingerprint density at radius 2 is 1.87 bits per heavy atom. The van der Waals surface area contributed by atoms with Gasteiger partial charge >= 0.3 is 0 Å². The normalized spacial score (nSPS) is 22.0. The van der Waals surface area contributed by atoms with Crippen LogP contribution < -0.4 is 20.7 Å². The predicted octanol–water partition coefficient (Wildman–Crippen LogP) is 6.07. The summed E-state index contributed by atoms with van der Waals surface area (Å²) in [6.07, 6.45) is 2.64. The van der Waals surface area contributed by atoms with Gasteiger partial charge in [0.2, 0.25) is 12.3 Å². The Morgan fingerprint density at radius 3 is 2.63 bits per heavy atom. The van der Waals surface area contributed by atoms with Crippen LogP contribution in [0.5, 0.6) is 5.75 Å². The molecule has 38 heavy (non-hydrogen) atoms. The molecule has 2 heterocycles. The molecule has 3 aromatic rings. The van der Waals surface area contributed by atoms with Gasteiger partial charge < -0.3 is 20.7 Å². The molecule has 2 fully saturated rings. The summed E-state index contributed by atoms with van der Waals surface area (Å²) in [6.45, 7) is 1.77. The first kappa shape index (κ1) is 26.7. The second kappa shape index (κ2) is 11.8. The van der Waals surface area contributed by atoms with Crippen molar-refractivity contribution in [3.8, 4) is 5.75 Å². The standard InChI is InChI=1S/C29H28BrClFN3O3/c30-18-4-7-26(38-21-8-10-33-11-9-21)23(13-18)24-15-27(37)35-29(17-2-1-3-20(32)12-17)28(24)22-6-5-19(31)14-25(22)34-16-36/h1-7,12-14,16,21,24,28-29,33H,8-11,15H2,(H,34,36)(H,35,37). The summed E-state index contributed by atoms with van der Waals surface area (Å²) in [5.74, 6) is -0.510. The molecule has 0 radical (unpaired) electrons. The number of carbonyl (C=O) groups is 2. The number of anilines is 1. The van der Waals surface area contributed by atoms with Crippen LogP contribution in [0.4, 0.5) is 10.1 Å². The van der Waals surface area contributed by atoms with E-state index < -0.39 is 11.9 Å². The number of rotatable bonds is 7. The van der Waals surface area contributed by atoms with E-state index in [-0.39, 0.29) is 30.3 Å². The minimum absolute atomic E-state index is 0.0638. The number of hydrogen-bond donors (Lipinski definition) is 3. The van der Waals surface area contributed by atoms with Gasteiger partial charge in [-0.1, -0.05) is 45.7 Å². The molecule has 198 valence electrons. The first-order valence-corrected chi connectivity index (χ1v) is 13.8. The van der Waals surface area contributed by atoms with Crippen molar-refractivity contribution in [2.45, 2.75) is 43.2 Å². The van der Waals surface area contributed by atoms with Crippen molar-refractivity contribution in [2.75, 3.05) is 18.4 Å². The highest BCUT2D eigenvalue weighted by molar-refractivity contribution is 9.10. The smallest absolute Gasteiger partial charge is 0.221 e. The Hall–Kier alpha value is -2.94. The van der Waals surface area contributed by atoms with Gasteiger partial charge in [-0.05, 0) is 85.1 Å². The van der Waals surface area contributed by atoms with Crippen LogP contribution in [-0.4, -0.2) is 31.5 Å². The van der Waals surface area contributed by atoms with E-state index in [0.717, 1.165) is 47.3 Å². The Labute approximate surface area is 234 Å². The van der Waals surface area contributed by atoms with Gasteiger partial charge in [-0.2, -0.15) is 0 Å². The molecule has 0 saturated carbocycles. The third-order valence-corrected chi connectivity index (χ3v) is 7.99. The molecule has 2 saturated heterocycles. The minimum Gasteiger partial charge on any atom is -0.490 e. The van der Waals surface area contributed by atoms with Crippen LogP contribution in [0, 0.1) is 5.82 Å². The van der Waals surface area contributed by atoms with Crippen molar-refractivity contribution in [1.29, 1.82) is 0 Å². The number of halogens is 3. The van der Waals surface area contributed by atoms with Gasteiger partial charge in [0.1, 0.15) is 17.7 Å². The molecule has 0 aliphatic carbocycles. The molecular weight excluding hydrogens is 573 g/mol. The summed E-state index contributed by atoms with van der Waals surface area (Å²) >= 11 is 9.90. The molecule has 3 atom stereocenters. The molecule has 3 aromatic carbocycles. The van der Waals surface area contributed by atoms with Gasteiger partial charge in [-0.25, -0.2) is 4.39 Å². The second-order valence-electron chi connectivity index (χ2n) is 9.68. The van der Waals surface area contributed by atoms with Crippen LogP contribution in [0.1, 0.15) is 53.8 Å². The Balaban J connectivity index is 1.66. The summed E-state index contributed by atoms with van der Waals surface area (Å²) in [6, 6.07) is 16.9. The maximum atomic E-state index is 14.4. The highest BCUT2D eigenvalue weighted by Crippen LogP contribution is 2.51. The topological polar surface area (TPSA) is 79.5 Å². The molecule has 3 unspecified atom stereocenters. The van der Waals surface area contributed by atoms with Gasteiger partial charge in [-0.15, -0.1) is 0 Å². The van der Waals surface area contributed by atoms with E-state index in [1.165, 1.54) is 12.1 Å². The van der Waals surface area contributed by atoms with Crippen LogP contribution in [0.15, 0.2) is 65.1 Å². The average molecular weight is 601 g/mol. The second-order valence-corrected chi connectivity index (χ2v) is 11.0. The van der Waals surface area contributed by atoms with Crippen LogP contribution in [0.2, 0.25) is 5.02 Å². The molecular formula is C29H28BrClFN3O3. The lowest BCUT2D eigenvalue weighted by atomic mass is 9.70. The molecule has 2 amide bonds. The van der Waals surface area contributed by atoms with E-state index in [9.17, 15) is 14.0 Å². The fourth-order valence-electron chi connectivity index (χ4n) is 5.59. The molecule has 0 bridgehead atoms. The minimum atomic E-state index is -0.559. The first-order chi connectivity index (χ1) is 18.4. The third kappa shape index (κ3) is 5.87. The number of carbonyl (C=O) groups excluding carboxylic acids is 2. The fourth-order valence-corrected chi connectivity index (χ4v) is 6.14. The van der Waals surface area contributed by atoms with Crippen LogP contribution in [0.25, 0.3) is 0 Å².